The first-order valence-electron chi connectivity index (χ1n) is 9.33. The number of hydrogen-bond acceptors (Lipinski definition) is 7. The van der Waals surface area contributed by atoms with Crippen LogP contribution in [0.1, 0.15) is 21.7 Å². The molecule has 0 fully saturated rings. The van der Waals surface area contributed by atoms with Gasteiger partial charge in [-0.15, -0.1) is 0 Å². The van der Waals surface area contributed by atoms with Crippen LogP contribution >= 0.6 is 0 Å². The summed E-state index contributed by atoms with van der Waals surface area (Å²) in [5, 5.41) is 15.7. The first-order valence-corrected chi connectivity index (χ1v) is 9.33. The first-order chi connectivity index (χ1) is 15.6. The van der Waals surface area contributed by atoms with E-state index in [0.29, 0.717) is 17.5 Å². The molecule has 1 aromatic heterocycles. The van der Waals surface area contributed by atoms with Crippen molar-refractivity contribution in [2.75, 3.05) is 17.2 Å². The molecule has 9 nitrogen and oxygen atoms in total. The predicted molar refractivity (Wildman–Crippen MR) is 109 cm³/mol. The molecule has 172 valence electrons. The summed E-state index contributed by atoms with van der Waals surface area (Å²) in [7, 11) is 0. The molecule has 0 saturated heterocycles. The monoisotopic (exact) mass is 463 g/mol. The Kier molecular flexibility index (Phi) is 6.96. The molecule has 1 heterocycles. The van der Waals surface area contributed by atoms with E-state index in [1.807, 2.05) is 5.32 Å². The molecule has 0 atom stereocenters. The van der Waals surface area contributed by atoms with Gasteiger partial charge in [-0.3, -0.25) is 14.9 Å². The number of non-ortho nitro benzene ring substituents is 1. The summed E-state index contributed by atoms with van der Waals surface area (Å²) in [6, 6.07) is 11.6. The van der Waals surface area contributed by atoms with Crippen molar-refractivity contribution in [1.82, 2.24) is 0 Å². The Balaban J connectivity index is 1.65. The molecular weight excluding hydrogens is 447 g/mol. The average Bonchev–Trinajstić information content (AvgIpc) is 3.29. The Morgan fingerprint density at radius 1 is 1.06 bits per heavy atom. The van der Waals surface area contributed by atoms with Gasteiger partial charge in [-0.25, -0.2) is 4.79 Å². The maximum absolute atomic E-state index is 13.2. The highest BCUT2D eigenvalue weighted by atomic mass is 19.4. The predicted octanol–water partition coefficient (Wildman–Crippen LogP) is 4.61. The smallest absolute Gasteiger partial charge is 0.418 e. The molecule has 33 heavy (non-hydrogen) atoms. The number of amides is 1. The zero-order valence-electron chi connectivity index (χ0n) is 16.7. The Bertz CT molecular complexity index is 1160. The number of benzene rings is 2. The molecule has 3 aromatic rings. The lowest BCUT2D eigenvalue weighted by atomic mass is 10.1. The van der Waals surface area contributed by atoms with Gasteiger partial charge in [0.25, 0.3) is 11.6 Å². The van der Waals surface area contributed by atoms with E-state index in [9.17, 15) is 32.9 Å². The van der Waals surface area contributed by atoms with E-state index in [1.165, 1.54) is 12.3 Å². The van der Waals surface area contributed by atoms with Gasteiger partial charge in [0.05, 0.1) is 34.5 Å². The second kappa shape index (κ2) is 9.85. The number of rotatable bonds is 8. The Morgan fingerprint density at radius 2 is 1.82 bits per heavy atom. The molecule has 0 spiro atoms. The van der Waals surface area contributed by atoms with Gasteiger partial charge >= 0.3 is 12.1 Å². The van der Waals surface area contributed by atoms with E-state index in [2.05, 4.69) is 5.32 Å². The number of carbonyl (C=O) groups is 2. The number of ether oxygens (including phenoxy) is 1. The van der Waals surface area contributed by atoms with Gasteiger partial charge in [-0.2, -0.15) is 13.2 Å². The Labute approximate surface area is 184 Å². The van der Waals surface area contributed by atoms with Crippen molar-refractivity contribution in [1.29, 1.82) is 0 Å². The number of nitro groups is 1. The molecule has 0 aliphatic carbocycles. The highest BCUT2D eigenvalue weighted by Crippen LogP contribution is 2.37. The molecule has 0 unspecified atom stereocenters. The van der Waals surface area contributed by atoms with Gasteiger partial charge < -0.3 is 19.8 Å². The third kappa shape index (κ3) is 6.09. The van der Waals surface area contributed by atoms with Crippen LogP contribution in [-0.4, -0.2) is 23.4 Å². The van der Waals surface area contributed by atoms with Gasteiger partial charge in [0.15, 0.2) is 6.61 Å². The molecule has 0 aliphatic heterocycles. The van der Waals surface area contributed by atoms with E-state index in [4.69, 9.17) is 9.15 Å². The van der Waals surface area contributed by atoms with Crippen LogP contribution in [0.4, 0.5) is 30.2 Å². The van der Waals surface area contributed by atoms with Crippen molar-refractivity contribution >= 4 is 28.9 Å². The van der Waals surface area contributed by atoms with Crippen molar-refractivity contribution in [2.24, 2.45) is 0 Å². The summed E-state index contributed by atoms with van der Waals surface area (Å²) in [4.78, 5) is 34.3. The number of nitrogens with zero attached hydrogens (tertiary/aromatic N) is 1. The summed E-state index contributed by atoms with van der Waals surface area (Å²) >= 11 is 0. The van der Waals surface area contributed by atoms with E-state index >= 15 is 0 Å². The lowest BCUT2D eigenvalue weighted by molar-refractivity contribution is -0.385. The minimum atomic E-state index is -4.95. The van der Waals surface area contributed by atoms with Crippen LogP contribution in [0.2, 0.25) is 0 Å². The van der Waals surface area contributed by atoms with E-state index in [0.717, 1.165) is 12.1 Å². The van der Waals surface area contributed by atoms with Gasteiger partial charge in [-0.1, -0.05) is 12.1 Å². The molecule has 0 saturated carbocycles. The number of nitro benzene ring substituents is 1. The highest BCUT2D eigenvalue weighted by Gasteiger charge is 2.35. The van der Waals surface area contributed by atoms with Crippen LogP contribution in [0, 0.1) is 10.1 Å². The standard InChI is InChI=1S/C21H16F3N3O6/c22-21(23,24)16-10-13(27(30)31)7-8-18(16)26-19(28)12-33-20(29)15-5-1-2-6-17(15)25-11-14-4-3-9-32-14/h1-10,25H,11-12H2,(H,26,28). The average molecular weight is 463 g/mol. The molecule has 0 radical (unpaired) electrons. The third-order valence-corrected chi connectivity index (χ3v) is 4.31. The quantitative estimate of drug-likeness (QED) is 0.284. The molecular formula is C21H16F3N3O6. The topological polar surface area (TPSA) is 124 Å². The minimum absolute atomic E-state index is 0.100. The Hall–Kier alpha value is -4.35. The molecule has 12 heteroatoms. The van der Waals surface area contributed by atoms with Crippen molar-refractivity contribution in [3.63, 3.8) is 0 Å². The zero-order chi connectivity index (χ0) is 24.0. The van der Waals surface area contributed by atoms with Gasteiger partial charge in [0.1, 0.15) is 5.76 Å². The van der Waals surface area contributed by atoms with E-state index in [1.54, 1.807) is 30.3 Å². The number of carbonyl (C=O) groups excluding carboxylic acids is 2. The molecule has 0 aliphatic rings. The summed E-state index contributed by atoms with van der Waals surface area (Å²) in [5.41, 5.74) is -2.39. The number of esters is 1. The number of anilines is 2. The molecule has 0 bridgehead atoms. The lowest BCUT2D eigenvalue weighted by Gasteiger charge is -2.14. The number of nitrogens with one attached hydrogen (secondary N) is 2. The second-order valence-corrected chi connectivity index (χ2v) is 6.59. The summed E-state index contributed by atoms with van der Waals surface area (Å²) in [6.07, 6.45) is -3.46. The molecule has 2 aromatic carbocycles. The SMILES string of the molecule is O=C(COC(=O)c1ccccc1NCc1ccco1)Nc1ccc([N+](=O)[O-])cc1C(F)(F)F. The van der Waals surface area contributed by atoms with Crippen LogP contribution in [0.25, 0.3) is 0 Å². The molecule has 1 amide bonds. The fourth-order valence-corrected chi connectivity index (χ4v) is 2.80. The van der Waals surface area contributed by atoms with Crippen LogP contribution in [0.15, 0.2) is 65.3 Å². The largest absolute Gasteiger partial charge is 0.467 e. The van der Waals surface area contributed by atoms with Crippen LogP contribution in [-0.2, 0) is 22.3 Å². The summed E-state index contributed by atoms with van der Waals surface area (Å²) < 4.78 is 49.8. The third-order valence-electron chi connectivity index (χ3n) is 4.31. The normalized spacial score (nSPS) is 11.0. The maximum atomic E-state index is 13.2. The minimum Gasteiger partial charge on any atom is -0.467 e. The van der Waals surface area contributed by atoms with Gasteiger partial charge in [-0.05, 0) is 30.3 Å². The second-order valence-electron chi connectivity index (χ2n) is 6.59. The van der Waals surface area contributed by atoms with Crippen molar-refractivity contribution < 1.29 is 36.8 Å². The maximum Gasteiger partial charge on any atom is 0.418 e. The van der Waals surface area contributed by atoms with Crippen molar-refractivity contribution in [2.45, 2.75) is 12.7 Å². The van der Waals surface area contributed by atoms with Gasteiger partial charge in [0, 0.05) is 17.8 Å². The van der Waals surface area contributed by atoms with Crippen LogP contribution in [0.5, 0.6) is 0 Å². The van der Waals surface area contributed by atoms with E-state index < -0.39 is 46.5 Å². The lowest BCUT2D eigenvalue weighted by Crippen LogP contribution is -2.23. The highest BCUT2D eigenvalue weighted by molar-refractivity contribution is 5.98. The molecule has 3 rings (SSSR count). The van der Waals surface area contributed by atoms with Crippen LogP contribution in [0.3, 0.4) is 0 Å². The number of halogens is 3. The van der Waals surface area contributed by atoms with Gasteiger partial charge in [0.2, 0.25) is 0 Å². The Morgan fingerprint density at radius 3 is 2.48 bits per heavy atom. The number of para-hydroxylation sites is 1. The van der Waals surface area contributed by atoms with E-state index in [-0.39, 0.29) is 12.1 Å². The number of alkyl halides is 3. The summed E-state index contributed by atoms with van der Waals surface area (Å²) in [5.74, 6) is -1.32. The van der Waals surface area contributed by atoms with Crippen molar-refractivity contribution in [3.05, 3.63) is 87.9 Å². The number of hydrogen-bond donors (Lipinski definition) is 2. The fraction of sp³-hybridized carbons (Fsp3) is 0.143. The summed E-state index contributed by atoms with van der Waals surface area (Å²) in [6.45, 7) is -0.599. The van der Waals surface area contributed by atoms with Crippen molar-refractivity contribution in [3.8, 4) is 0 Å². The molecule has 2 N–H and O–H groups in total. The zero-order valence-corrected chi connectivity index (χ0v) is 16.7. The van der Waals surface area contributed by atoms with Crippen LogP contribution < -0.4 is 10.6 Å². The fourth-order valence-electron chi connectivity index (χ4n) is 2.80. The number of furan rings is 1. The first kappa shape index (κ1) is 23.3.